The molecule has 0 aliphatic heterocycles. The van der Waals surface area contributed by atoms with Gasteiger partial charge in [-0.05, 0) is 35.9 Å². The fourth-order valence-corrected chi connectivity index (χ4v) is 1.59. The van der Waals surface area contributed by atoms with Gasteiger partial charge in [0.15, 0.2) is 0 Å². The first kappa shape index (κ1) is 14.3. The van der Waals surface area contributed by atoms with Gasteiger partial charge in [0.05, 0.1) is 11.8 Å². The Bertz CT molecular complexity index is 693. The van der Waals surface area contributed by atoms with Crippen LogP contribution in [-0.4, -0.2) is 28.3 Å². The Morgan fingerprint density at radius 3 is 2.38 bits per heavy atom. The molecule has 3 N–H and O–H groups in total. The summed E-state index contributed by atoms with van der Waals surface area (Å²) in [6, 6.07) is 11.9. The van der Waals surface area contributed by atoms with Crippen LogP contribution in [0.2, 0.25) is 0 Å². The number of hydrogen-bond acceptors (Lipinski definition) is 4. The number of carbonyl (C=O) groups excluding carboxylic acids is 1. The van der Waals surface area contributed by atoms with Crippen molar-refractivity contribution < 1.29 is 19.8 Å². The van der Waals surface area contributed by atoms with E-state index in [-0.39, 0.29) is 16.9 Å². The molecule has 0 fully saturated rings. The average Bonchev–Trinajstić information content (AvgIpc) is 2.47. The van der Waals surface area contributed by atoms with Crippen LogP contribution in [0.15, 0.2) is 53.6 Å². The molecule has 0 spiro atoms. The molecule has 106 valence electrons. The number of phenols is 1. The molecule has 0 saturated heterocycles. The lowest BCUT2D eigenvalue weighted by Gasteiger charge is -2.00. The lowest BCUT2D eigenvalue weighted by Crippen LogP contribution is -2.17. The number of carbonyl (C=O) groups is 2. The molecule has 0 bridgehead atoms. The van der Waals surface area contributed by atoms with Crippen molar-refractivity contribution in [2.45, 2.75) is 0 Å². The number of benzene rings is 2. The van der Waals surface area contributed by atoms with E-state index in [1.165, 1.54) is 30.5 Å². The van der Waals surface area contributed by atoms with E-state index in [4.69, 9.17) is 5.11 Å². The van der Waals surface area contributed by atoms with Crippen molar-refractivity contribution in [2.75, 3.05) is 0 Å². The van der Waals surface area contributed by atoms with Crippen LogP contribution in [0.1, 0.15) is 26.3 Å². The number of nitrogens with zero attached hydrogens (tertiary/aromatic N) is 1. The van der Waals surface area contributed by atoms with Gasteiger partial charge in [-0.25, -0.2) is 10.2 Å². The SMILES string of the molecule is O=C(O)c1ccc(C=NNC(=O)c2cccc(O)c2)cc1. The standard InChI is InChI=1S/C15H12N2O4/c18-13-3-1-2-12(8-13)14(19)17-16-9-10-4-6-11(7-5-10)15(20)21/h1-9,18H,(H,17,19)(H,20,21). The minimum atomic E-state index is -1.00. The van der Waals surface area contributed by atoms with E-state index in [2.05, 4.69) is 10.5 Å². The highest BCUT2D eigenvalue weighted by Crippen LogP contribution is 2.10. The molecule has 1 amide bonds. The third-order valence-electron chi connectivity index (χ3n) is 2.65. The van der Waals surface area contributed by atoms with Gasteiger partial charge < -0.3 is 10.2 Å². The van der Waals surface area contributed by atoms with Crippen LogP contribution in [0.3, 0.4) is 0 Å². The Balaban J connectivity index is 1.99. The van der Waals surface area contributed by atoms with Crippen molar-refractivity contribution in [1.82, 2.24) is 5.43 Å². The van der Waals surface area contributed by atoms with Crippen LogP contribution in [0.4, 0.5) is 0 Å². The molecule has 0 saturated carbocycles. The zero-order valence-electron chi connectivity index (χ0n) is 10.9. The molecule has 2 aromatic carbocycles. The summed E-state index contributed by atoms with van der Waals surface area (Å²) in [5, 5.41) is 21.8. The Morgan fingerprint density at radius 2 is 1.76 bits per heavy atom. The number of carboxylic acid groups (broad SMARTS) is 1. The topological polar surface area (TPSA) is 99.0 Å². The summed E-state index contributed by atoms with van der Waals surface area (Å²) in [4.78, 5) is 22.4. The number of amides is 1. The Hall–Kier alpha value is -3.15. The lowest BCUT2D eigenvalue weighted by molar-refractivity contribution is 0.0696. The number of hydrogen-bond donors (Lipinski definition) is 3. The highest BCUT2D eigenvalue weighted by atomic mass is 16.4. The second-order valence-corrected chi connectivity index (χ2v) is 4.18. The fraction of sp³-hybridized carbons (Fsp3) is 0. The molecular weight excluding hydrogens is 272 g/mol. The van der Waals surface area contributed by atoms with Gasteiger partial charge in [-0.3, -0.25) is 4.79 Å². The number of nitrogens with one attached hydrogen (secondary N) is 1. The molecular formula is C15H12N2O4. The third kappa shape index (κ3) is 3.90. The van der Waals surface area contributed by atoms with Gasteiger partial charge in [-0.2, -0.15) is 5.10 Å². The van der Waals surface area contributed by atoms with Gasteiger partial charge in [-0.15, -0.1) is 0 Å². The van der Waals surface area contributed by atoms with Crippen LogP contribution in [0, 0.1) is 0 Å². The Morgan fingerprint density at radius 1 is 1.05 bits per heavy atom. The van der Waals surface area contributed by atoms with E-state index in [0.717, 1.165) is 0 Å². The van der Waals surface area contributed by atoms with E-state index in [1.807, 2.05) is 0 Å². The zero-order chi connectivity index (χ0) is 15.2. The maximum atomic E-state index is 11.7. The van der Waals surface area contributed by atoms with E-state index in [0.29, 0.717) is 5.56 Å². The molecule has 0 atom stereocenters. The molecule has 0 aromatic heterocycles. The molecule has 21 heavy (non-hydrogen) atoms. The van der Waals surface area contributed by atoms with Gasteiger partial charge in [0.1, 0.15) is 5.75 Å². The molecule has 6 heteroatoms. The van der Waals surface area contributed by atoms with Crippen molar-refractivity contribution in [2.24, 2.45) is 5.10 Å². The predicted molar refractivity (Wildman–Crippen MR) is 76.6 cm³/mol. The number of phenolic OH excluding ortho intramolecular Hbond substituents is 1. The van der Waals surface area contributed by atoms with Gasteiger partial charge in [0.25, 0.3) is 5.91 Å². The van der Waals surface area contributed by atoms with Gasteiger partial charge in [0.2, 0.25) is 0 Å². The van der Waals surface area contributed by atoms with Crippen LogP contribution in [-0.2, 0) is 0 Å². The average molecular weight is 284 g/mol. The summed E-state index contributed by atoms with van der Waals surface area (Å²) in [5.74, 6) is -1.46. The van der Waals surface area contributed by atoms with Crippen LogP contribution in [0.5, 0.6) is 5.75 Å². The van der Waals surface area contributed by atoms with Crippen molar-refractivity contribution in [3.05, 3.63) is 65.2 Å². The molecule has 0 aliphatic rings. The van der Waals surface area contributed by atoms with E-state index >= 15 is 0 Å². The van der Waals surface area contributed by atoms with E-state index in [1.54, 1.807) is 24.3 Å². The highest BCUT2D eigenvalue weighted by molar-refractivity contribution is 5.95. The summed E-state index contributed by atoms with van der Waals surface area (Å²) >= 11 is 0. The third-order valence-corrected chi connectivity index (χ3v) is 2.65. The number of rotatable bonds is 4. The predicted octanol–water partition coefficient (Wildman–Crippen LogP) is 1.85. The van der Waals surface area contributed by atoms with E-state index < -0.39 is 11.9 Å². The van der Waals surface area contributed by atoms with Crippen molar-refractivity contribution >= 4 is 18.1 Å². The Kier molecular flexibility index (Phi) is 4.30. The fourth-order valence-electron chi connectivity index (χ4n) is 1.59. The highest BCUT2D eigenvalue weighted by Gasteiger charge is 2.04. The molecule has 0 heterocycles. The minimum absolute atomic E-state index is 0.00381. The van der Waals surface area contributed by atoms with Crippen molar-refractivity contribution in [3.8, 4) is 5.75 Å². The molecule has 6 nitrogen and oxygen atoms in total. The van der Waals surface area contributed by atoms with Gasteiger partial charge >= 0.3 is 5.97 Å². The van der Waals surface area contributed by atoms with E-state index in [9.17, 15) is 14.7 Å². The summed E-state index contributed by atoms with van der Waals surface area (Å²) < 4.78 is 0. The molecule has 2 rings (SSSR count). The maximum Gasteiger partial charge on any atom is 0.335 e. The summed E-state index contributed by atoms with van der Waals surface area (Å²) in [6.07, 6.45) is 1.40. The first-order valence-corrected chi connectivity index (χ1v) is 6.02. The number of carboxylic acids is 1. The number of aromatic hydroxyl groups is 1. The van der Waals surface area contributed by atoms with Crippen LogP contribution in [0.25, 0.3) is 0 Å². The molecule has 0 unspecified atom stereocenters. The summed E-state index contributed by atoms with van der Waals surface area (Å²) in [5.41, 5.74) is 3.43. The monoisotopic (exact) mass is 284 g/mol. The quantitative estimate of drug-likeness (QED) is 0.589. The molecule has 0 radical (unpaired) electrons. The van der Waals surface area contributed by atoms with Gasteiger partial charge in [-0.1, -0.05) is 18.2 Å². The van der Waals surface area contributed by atoms with Crippen LogP contribution >= 0.6 is 0 Å². The summed E-state index contributed by atoms with van der Waals surface area (Å²) in [6.45, 7) is 0. The van der Waals surface area contributed by atoms with Gasteiger partial charge in [0, 0.05) is 5.56 Å². The largest absolute Gasteiger partial charge is 0.508 e. The number of hydrazone groups is 1. The zero-order valence-corrected chi connectivity index (χ0v) is 10.9. The van der Waals surface area contributed by atoms with Crippen molar-refractivity contribution in [3.63, 3.8) is 0 Å². The first-order chi connectivity index (χ1) is 10.1. The number of aromatic carboxylic acids is 1. The normalized spacial score (nSPS) is 10.5. The smallest absolute Gasteiger partial charge is 0.335 e. The lowest BCUT2D eigenvalue weighted by atomic mass is 10.1. The maximum absolute atomic E-state index is 11.7. The minimum Gasteiger partial charge on any atom is -0.508 e. The second kappa shape index (κ2) is 6.33. The Labute approximate surface area is 120 Å². The molecule has 2 aromatic rings. The molecule has 0 aliphatic carbocycles. The second-order valence-electron chi connectivity index (χ2n) is 4.18. The first-order valence-electron chi connectivity index (χ1n) is 6.02. The summed E-state index contributed by atoms with van der Waals surface area (Å²) in [7, 11) is 0. The van der Waals surface area contributed by atoms with Crippen LogP contribution < -0.4 is 5.43 Å². The van der Waals surface area contributed by atoms with Crippen molar-refractivity contribution in [1.29, 1.82) is 0 Å².